The number of carbonyl (C=O) groups is 4. The van der Waals surface area contributed by atoms with Crippen LogP contribution < -0.4 is 10.6 Å². The molecule has 2 saturated heterocycles. The number of anilines is 2. The first-order valence-corrected chi connectivity index (χ1v) is 10.4. The molecule has 0 aliphatic carbocycles. The molecular weight excluding hydrogens is 428 g/mol. The van der Waals surface area contributed by atoms with E-state index in [9.17, 15) is 19.2 Å². The molecule has 9 heteroatoms. The van der Waals surface area contributed by atoms with Crippen LogP contribution in [-0.4, -0.2) is 49.8 Å². The largest absolute Gasteiger partial charge is 0.375 e. The Bertz CT molecular complexity index is 997. The van der Waals surface area contributed by atoms with Gasteiger partial charge in [0.15, 0.2) is 0 Å². The van der Waals surface area contributed by atoms with Crippen LogP contribution in [0.4, 0.5) is 11.4 Å². The van der Waals surface area contributed by atoms with Crippen LogP contribution in [0.5, 0.6) is 0 Å². The van der Waals surface area contributed by atoms with Gasteiger partial charge in [0.2, 0.25) is 11.6 Å². The average molecular weight is 452 g/mol. The highest BCUT2D eigenvalue weighted by atomic mass is 16.6. The zero-order chi connectivity index (χ0) is 23.6. The van der Waals surface area contributed by atoms with Crippen LogP contribution in [0.1, 0.15) is 25.0 Å². The average Bonchev–Trinajstić information content (AvgIpc) is 3.72. The molecule has 2 heterocycles. The normalized spacial score (nSPS) is 22.8. The van der Waals surface area contributed by atoms with E-state index in [2.05, 4.69) is 10.6 Å². The quantitative estimate of drug-likeness (QED) is 0.416. The molecule has 9 nitrogen and oxygen atoms in total. The number of nitrogens with one attached hydrogen (secondary N) is 2. The standard InChI is InChI=1S/C24H24N2O7/c1-15(27)21(29)25-19-7-3-17(4-8-19)23(13-32-23)11-31-12-24(14-33-24)18-5-9-20(10-6-18)26-22(30)16(2)28/h3-10H,11-14H2,1-2H3,(H,25,29)(H,26,30). The van der Waals surface area contributed by atoms with Gasteiger partial charge in [-0.3, -0.25) is 19.2 Å². The molecule has 2 N–H and O–H groups in total. The van der Waals surface area contributed by atoms with Crippen molar-refractivity contribution in [3.8, 4) is 0 Å². The summed E-state index contributed by atoms with van der Waals surface area (Å²) in [6.45, 7) is 4.14. The Morgan fingerprint density at radius 2 is 1.06 bits per heavy atom. The van der Waals surface area contributed by atoms with Crippen molar-refractivity contribution in [1.82, 2.24) is 0 Å². The number of hydrogen-bond acceptors (Lipinski definition) is 7. The number of amides is 2. The van der Waals surface area contributed by atoms with Crippen molar-refractivity contribution in [2.45, 2.75) is 25.0 Å². The topological polar surface area (TPSA) is 127 Å². The van der Waals surface area contributed by atoms with Crippen molar-refractivity contribution in [1.29, 1.82) is 0 Å². The summed E-state index contributed by atoms with van der Waals surface area (Å²) in [5, 5.41) is 5.07. The number of Topliss-reactive ketones (excluding diaryl/α,β-unsaturated/α-hetero) is 2. The first-order valence-electron chi connectivity index (χ1n) is 10.4. The Morgan fingerprint density at radius 3 is 1.33 bits per heavy atom. The molecule has 0 saturated carbocycles. The molecule has 0 radical (unpaired) electrons. The number of carbonyl (C=O) groups excluding carboxylic acids is 4. The van der Waals surface area contributed by atoms with Crippen molar-refractivity contribution in [2.75, 3.05) is 37.1 Å². The lowest BCUT2D eigenvalue weighted by atomic mass is 9.99. The Kier molecular flexibility index (Phi) is 6.11. The first kappa shape index (κ1) is 22.8. The summed E-state index contributed by atoms with van der Waals surface area (Å²) >= 11 is 0. The van der Waals surface area contributed by atoms with Crippen LogP contribution >= 0.6 is 0 Å². The number of ether oxygens (including phenoxy) is 3. The molecule has 0 spiro atoms. The van der Waals surface area contributed by atoms with E-state index in [0.29, 0.717) is 37.8 Å². The first-order chi connectivity index (χ1) is 15.7. The minimum atomic E-state index is -0.660. The van der Waals surface area contributed by atoms with Crippen LogP contribution in [0.2, 0.25) is 0 Å². The van der Waals surface area contributed by atoms with Gasteiger partial charge in [-0.2, -0.15) is 0 Å². The van der Waals surface area contributed by atoms with Crippen molar-refractivity contribution < 1.29 is 33.4 Å². The lowest BCUT2D eigenvalue weighted by molar-refractivity contribution is -0.133. The van der Waals surface area contributed by atoms with E-state index < -0.39 is 34.6 Å². The van der Waals surface area contributed by atoms with Crippen molar-refractivity contribution in [3.05, 3.63) is 59.7 Å². The summed E-state index contributed by atoms with van der Waals surface area (Å²) in [6.07, 6.45) is 0. The Morgan fingerprint density at radius 1 is 0.727 bits per heavy atom. The number of epoxide rings is 2. The van der Waals surface area contributed by atoms with Crippen molar-refractivity contribution in [2.24, 2.45) is 0 Å². The molecular formula is C24H24N2O7. The molecule has 4 rings (SSSR count). The minimum Gasteiger partial charge on any atom is -0.375 e. The molecule has 2 aliphatic rings. The molecule has 172 valence electrons. The Balaban J connectivity index is 1.32. The molecule has 2 unspecified atom stereocenters. The van der Waals surface area contributed by atoms with Crippen LogP contribution in [0, 0.1) is 0 Å². The summed E-state index contributed by atoms with van der Waals surface area (Å²) < 4.78 is 17.3. The fourth-order valence-electron chi connectivity index (χ4n) is 3.37. The van der Waals surface area contributed by atoms with Crippen LogP contribution in [0.3, 0.4) is 0 Å². The molecule has 2 amide bonds. The second-order valence-corrected chi connectivity index (χ2v) is 8.23. The van der Waals surface area contributed by atoms with Gasteiger partial charge in [0, 0.05) is 25.2 Å². The third kappa shape index (κ3) is 5.16. The van der Waals surface area contributed by atoms with Gasteiger partial charge in [-0.1, -0.05) is 24.3 Å². The molecule has 2 fully saturated rings. The SMILES string of the molecule is CC(=O)C(=O)Nc1ccc(C2(COCC3(c4ccc(NC(=O)C(C)=O)cc4)CO3)CO2)cc1. The fraction of sp³-hybridized carbons (Fsp3) is 0.333. The Hall–Kier alpha value is -3.40. The third-order valence-electron chi connectivity index (χ3n) is 5.63. The zero-order valence-corrected chi connectivity index (χ0v) is 18.3. The van der Waals surface area contributed by atoms with E-state index >= 15 is 0 Å². The Labute approximate surface area is 190 Å². The van der Waals surface area contributed by atoms with Gasteiger partial charge in [0.1, 0.15) is 11.2 Å². The van der Waals surface area contributed by atoms with Crippen LogP contribution in [-0.2, 0) is 44.6 Å². The lowest BCUT2D eigenvalue weighted by Crippen LogP contribution is -2.24. The maximum absolute atomic E-state index is 11.5. The van der Waals surface area contributed by atoms with Crippen LogP contribution in [0.25, 0.3) is 0 Å². The highest BCUT2D eigenvalue weighted by Crippen LogP contribution is 2.42. The monoisotopic (exact) mass is 452 g/mol. The maximum Gasteiger partial charge on any atom is 0.291 e. The van der Waals surface area contributed by atoms with E-state index in [1.807, 2.05) is 24.3 Å². The van der Waals surface area contributed by atoms with Gasteiger partial charge in [0.05, 0.1) is 26.4 Å². The summed E-state index contributed by atoms with van der Waals surface area (Å²) in [4.78, 5) is 45.2. The van der Waals surface area contributed by atoms with Crippen molar-refractivity contribution >= 4 is 34.8 Å². The highest BCUT2D eigenvalue weighted by molar-refractivity contribution is 6.40. The molecule has 0 bridgehead atoms. The van der Waals surface area contributed by atoms with Gasteiger partial charge in [-0.25, -0.2) is 0 Å². The van der Waals surface area contributed by atoms with Gasteiger partial charge >= 0.3 is 0 Å². The van der Waals surface area contributed by atoms with Gasteiger partial charge in [-0.05, 0) is 35.4 Å². The van der Waals surface area contributed by atoms with E-state index in [0.717, 1.165) is 11.1 Å². The fourth-order valence-corrected chi connectivity index (χ4v) is 3.37. The maximum atomic E-state index is 11.5. The second-order valence-electron chi connectivity index (χ2n) is 8.23. The predicted octanol–water partition coefficient (Wildman–Crippen LogP) is 1.91. The van der Waals surface area contributed by atoms with E-state index in [1.54, 1.807) is 24.3 Å². The molecule has 2 aromatic rings. The lowest BCUT2D eigenvalue weighted by Gasteiger charge is -2.17. The van der Waals surface area contributed by atoms with E-state index in [-0.39, 0.29) is 0 Å². The number of hydrogen-bond donors (Lipinski definition) is 2. The zero-order valence-electron chi connectivity index (χ0n) is 18.3. The van der Waals surface area contributed by atoms with E-state index in [1.165, 1.54) is 13.8 Å². The second kappa shape index (κ2) is 8.86. The van der Waals surface area contributed by atoms with Crippen LogP contribution in [0.15, 0.2) is 48.5 Å². The predicted molar refractivity (Wildman–Crippen MR) is 118 cm³/mol. The summed E-state index contributed by atoms with van der Waals surface area (Å²) in [5.74, 6) is -2.43. The van der Waals surface area contributed by atoms with Gasteiger partial charge < -0.3 is 24.8 Å². The molecule has 2 aliphatic heterocycles. The van der Waals surface area contributed by atoms with E-state index in [4.69, 9.17) is 14.2 Å². The summed E-state index contributed by atoms with van der Waals surface area (Å²) in [6, 6.07) is 14.2. The number of rotatable bonds is 10. The molecule has 2 aromatic carbocycles. The summed E-state index contributed by atoms with van der Waals surface area (Å²) in [5.41, 5.74) is 1.81. The third-order valence-corrected chi connectivity index (χ3v) is 5.63. The molecule has 2 atom stereocenters. The van der Waals surface area contributed by atoms with Gasteiger partial charge in [0.25, 0.3) is 11.8 Å². The highest BCUT2D eigenvalue weighted by Gasteiger charge is 2.50. The smallest absolute Gasteiger partial charge is 0.291 e. The minimum absolute atomic E-state index is 0.337. The number of ketones is 2. The number of benzene rings is 2. The summed E-state index contributed by atoms with van der Waals surface area (Å²) in [7, 11) is 0. The van der Waals surface area contributed by atoms with Gasteiger partial charge in [-0.15, -0.1) is 0 Å². The van der Waals surface area contributed by atoms with Crippen molar-refractivity contribution in [3.63, 3.8) is 0 Å². The molecule has 33 heavy (non-hydrogen) atoms. The molecule has 0 aromatic heterocycles.